The monoisotopic (exact) mass is 375 g/mol. The van der Waals surface area contributed by atoms with Crippen molar-refractivity contribution >= 4 is 18.7 Å². The fourth-order valence-electron chi connectivity index (χ4n) is 3.19. The summed E-state index contributed by atoms with van der Waals surface area (Å²) in [7, 11) is -0.464. The number of alkyl carbamates (subject to hydrolysis) is 1. The topological polar surface area (TPSA) is 66.0 Å². The molecular weight excluding hydrogens is 345 g/mol. The van der Waals surface area contributed by atoms with Crippen LogP contribution in [0.3, 0.4) is 0 Å². The molecule has 0 saturated carbocycles. The lowest BCUT2D eigenvalue weighted by atomic mass is 9.74. The first-order valence-electron chi connectivity index (χ1n) is 9.48. The van der Waals surface area contributed by atoms with Gasteiger partial charge in [0.1, 0.15) is 18.0 Å². The Labute approximate surface area is 162 Å². The van der Waals surface area contributed by atoms with Crippen LogP contribution in [0, 0.1) is 0 Å². The summed E-state index contributed by atoms with van der Waals surface area (Å²) in [6.45, 7) is 14.1. The van der Waals surface area contributed by atoms with Crippen LogP contribution in [0.2, 0.25) is 0 Å². The number of carbonyl (C=O) groups excluding carboxylic acids is 1. The van der Waals surface area contributed by atoms with Crippen molar-refractivity contribution in [3.63, 3.8) is 0 Å². The largest absolute Gasteiger partial charge is 0.495 e. The first-order chi connectivity index (χ1) is 12.4. The highest BCUT2D eigenvalue weighted by molar-refractivity contribution is 6.62. The highest BCUT2D eigenvalue weighted by Gasteiger charge is 2.52. The van der Waals surface area contributed by atoms with Gasteiger partial charge in [0.05, 0.1) is 17.2 Å². The zero-order valence-corrected chi connectivity index (χ0v) is 17.3. The van der Waals surface area contributed by atoms with E-state index in [-0.39, 0.29) is 6.04 Å². The molecular formula is C20H30BNO5. The third-order valence-corrected chi connectivity index (χ3v) is 5.29. The van der Waals surface area contributed by atoms with Crippen LogP contribution >= 0.6 is 0 Å². The number of hydrogen-bond donors (Lipinski definition) is 1. The minimum Gasteiger partial charge on any atom is -0.491 e. The van der Waals surface area contributed by atoms with Crippen molar-refractivity contribution in [2.75, 3.05) is 6.61 Å². The highest BCUT2D eigenvalue weighted by Crippen LogP contribution is 2.37. The first-order valence-corrected chi connectivity index (χ1v) is 9.48. The number of ether oxygens (including phenoxy) is 2. The van der Waals surface area contributed by atoms with E-state index in [1.807, 2.05) is 66.7 Å². The summed E-state index contributed by atoms with van der Waals surface area (Å²) in [5, 5.41) is 2.90. The molecule has 1 saturated heterocycles. The average molecular weight is 375 g/mol. The van der Waals surface area contributed by atoms with Gasteiger partial charge in [-0.05, 0) is 72.0 Å². The Morgan fingerprint density at radius 3 is 2.41 bits per heavy atom. The SMILES string of the molecule is CC(C)(C)OC(=O)NC1COc2cccc(B3OC(C)(C)C(C)(C)O3)c2C1. The van der Waals surface area contributed by atoms with Gasteiger partial charge < -0.3 is 24.1 Å². The van der Waals surface area contributed by atoms with E-state index in [4.69, 9.17) is 18.8 Å². The summed E-state index contributed by atoms with van der Waals surface area (Å²) >= 11 is 0. The summed E-state index contributed by atoms with van der Waals surface area (Å²) < 4.78 is 23.7. The van der Waals surface area contributed by atoms with Gasteiger partial charge in [-0.15, -0.1) is 0 Å². The average Bonchev–Trinajstić information content (AvgIpc) is 2.72. The summed E-state index contributed by atoms with van der Waals surface area (Å²) in [6.07, 6.45) is 0.196. The number of amides is 1. The lowest BCUT2D eigenvalue weighted by Crippen LogP contribution is -2.47. The lowest BCUT2D eigenvalue weighted by molar-refractivity contribution is 0.00578. The van der Waals surface area contributed by atoms with Crippen LogP contribution < -0.4 is 15.5 Å². The first kappa shape index (κ1) is 20.0. The molecule has 1 aromatic carbocycles. The zero-order valence-electron chi connectivity index (χ0n) is 17.3. The standard InChI is InChI=1S/C20H30BNO5/c1-18(2,3)25-17(23)22-13-11-14-15(9-8-10-16(14)24-12-13)21-26-19(4,5)20(6,7)27-21/h8-10,13H,11-12H2,1-7H3,(H,22,23). The van der Waals surface area contributed by atoms with Crippen LogP contribution in [0.15, 0.2) is 18.2 Å². The fraction of sp³-hybridized carbons (Fsp3) is 0.650. The number of fused-ring (bicyclic) bond motifs is 1. The third-order valence-electron chi connectivity index (χ3n) is 5.29. The van der Waals surface area contributed by atoms with Gasteiger partial charge in [-0.2, -0.15) is 0 Å². The van der Waals surface area contributed by atoms with E-state index >= 15 is 0 Å². The van der Waals surface area contributed by atoms with Gasteiger partial charge in [-0.25, -0.2) is 4.79 Å². The predicted octanol–water partition coefficient (Wildman–Crippen LogP) is 2.81. The second-order valence-electron chi connectivity index (χ2n) is 9.27. The predicted molar refractivity (Wildman–Crippen MR) is 105 cm³/mol. The smallest absolute Gasteiger partial charge is 0.491 e. The maximum absolute atomic E-state index is 12.1. The van der Waals surface area contributed by atoms with Gasteiger partial charge in [0.2, 0.25) is 0 Å². The molecule has 1 fully saturated rings. The normalized spacial score (nSPS) is 23.4. The maximum Gasteiger partial charge on any atom is 0.495 e. The van der Waals surface area contributed by atoms with E-state index < -0.39 is 30.0 Å². The molecule has 1 N–H and O–H groups in total. The van der Waals surface area contributed by atoms with Crippen molar-refractivity contribution in [1.82, 2.24) is 5.32 Å². The molecule has 27 heavy (non-hydrogen) atoms. The van der Waals surface area contributed by atoms with Gasteiger partial charge in [-0.1, -0.05) is 12.1 Å². The van der Waals surface area contributed by atoms with Crippen molar-refractivity contribution in [1.29, 1.82) is 0 Å². The molecule has 0 aliphatic carbocycles. The minimum atomic E-state index is -0.536. The van der Waals surface area contributed by atoms with Gasteiger partial charge in [-0.3, -0.25) is 0 Å². The van der Waals surface area contributed by atoms with Crippen molar-refractivity contribution in [2.24, 2.45) is 0 Å². The van der Waals surface area contributed by atoms with Crippen LogP contribution in [0.5, 0.6) is 5.75 Å². The molecule has 2 aliphatic rings. The molecule has 2 heterocycles. The fourth-order valence-corrected chi connectivity index (χ4v) is 3.19. The third kappa shape index (κ3) is 4.24. The van der Waals surface area contributed by atoms with Crippen molar-refractivity contribution in [3.05, 3.63) is 23.8 Å². The van der Waals surface area contributed by atoms with Crippen LogP contribution in [-0.4, -0.2) is 42.7 Å². The maximum atomic E-state index is 12.1. The number of nitrogens with one attached hydrogen (secondary N) is 1. The van der Waals surface area contributed by atoms with E-state index in [9.17, 15) is 4.79 Å². The molecule has 1 unspecified atom stereocenters. The molecule has 0 spiro atoms. The number of benzene rings is 1. The number of carbonyl (C=O) groups is 1. The second-order valence-corrected chi connectivity index (χ2v) is 9.27. The molecule has 6 nitrogen and oxygen atoms in total. The van der Waals surface area contributed by atoms with Crippen LogP contribution in [-0.2, 0) is 20.5 Å². The Morgan fingerprint density at radius 2 is 1.81 bits per heavy atom. The molecule has 3 rings (SSSR count). The summed E-state index contributed by atoms with van der Waals surface area (Å²) in [4.78, 5) is 12.1. The number of hydrogen-bond acceptors (Lipinski definition) is 5. The Bertz CT molecular complexity index is 710. The second kappa shape index (κ2) is 6.71. The summed E-state index contributed by atoms with van der Waals surface area (Å²) in [5.41, 5.74) is 0.588. The van der Waals surface area contributed by atoms with Crippen LogP contribution in [0.4, 0.5) is 4.79 Å². The summed E-state index contributed by atoms with van der Waals surface area (Å²) in [6, 6.07) is 5.71. The molecule has 0 radical (unpaired) electrons. The quantitative estimate of drug-likeness (QED) is 0.806. The Morgan fingerprint density at radius 1 is 1.19 bits per heavy atom. The lowest BCUT2D eigenvalue weighted by Gasteiger charge is -2.32. The van der Waals surface area contributed by atoms with E-state index in [2.05, 4.69) is 5.32 Å². The van der Waals surface area contributed by atoms with E-state index in [1.54, 1.807) is 0 Å². The molecule has 0 aromatic heterocycles. The molecule has 1 atom stereocenters. The van der Waals surface area contributed by atoms with Crippen molar-refractivity contribution in [3.8, 4) is 5.75 Å². The van der Waals surface area contributed by atoms with Crippen molar-refractivity contribution < 1.29 is 23.6 Å². The Kier molecular flexibility index (Phi) is 4.97. The van der Waals surface area contributed by atoms with Gasteiger partial charge in [0.15, 0.2) is 0 Å². The molecule has 1 aromatic rings. The Hall–Kier alpha value is -1.73. The van der Waals surface area contributed by atoms with E-state index in [1.165, 1.54) is 0 Å². The summed E-state index contributed by atoms with van der Waals surface area (Å²) in [5.74, 6) is 0.810. The van der Waals surface area contributed by atoms with Gasteiger partial charge in [0.25, 0.3) is 0 Å². The minimum absolute atomic E-state index is 0.170. The number of rotatable bonds is 2. The highest BCUT2D eigenvalue weighted by atomic mass is 16.7. The van der Waals surface area contributed by atoms with Crippen molar-refractivity contribution in [2.45, 2.75) is 77.7 Å². The Balaban J connectivity index is 1.78. The molecule has 0 bridgehead atoms. The molecule has 7 heteroatoms. The van der Waals surface area contributed by atoms with Crippen LogP contribution in [0.1, 0.15) is 54.0 Å². The van der Waals surface area contributed by atoms with Gasteiger partial charge >= 0.3 is 13.2 Å². The molecule has 1 amide bonds. The zero-order chi connectivity index (χ0) is 20.0. The van der Waals surface area contributed by atoms with E-state index in [0.717, 1.165) is 16.8 Å². The molecule has 148 valence electrons. The molecule has 2 aliphatic heterocycles. The van der Waals surface area contributed by atoms with Gasteiger partial charge in [0, 0.05) is 0 Å². The van der Waals surface area contributed by atoms with Crippen LogP contribution in [0.25, 0.3) is 0 Å². The van der Waals surface area contributed by atoms with E-state index in [0.29, 0.717) is 13.0 Å².